The molecule has 8 unspecified atom stereocenters. The molecule has 25 heteroatoms. The lowest BCUT2D eigenvalue weighted by atomic mass is 10.0. The molecule has 1 aliphatic heterocycles. The zero-order valence-corrected chi connectivity index (χ0v) is 33.6. The first-order valence-electron chi connectivity index (χ1n) is 19.1. The summed E-state index contributed by atoms with van der Waals surface area (Å²) in [5.74, 6) is -8.40. The van der Waals surface area contributed by atoms with E-state index in [9.17, 15) is 53.7 Å². The van der Waals surface area contributed by atoms with Crippen molar-refractivity contribution >= 4 is 59.2 Å². The van der Waals surface area contributed by atoms with Crippen molar-refractivity contribution in [2.24, 2.45) is 50.3 Å². The number of likely N-dealkylation sites (tertiary alicyclic amines) is 1. The highest BCUT2D eigenvalue weighted by atomic mass is 16.4. The number of nitrogens with zero attached hydrogens (tertiary/aromatic N) is 3. The molecular weight excluding hydrogens is 780 g/mol. The molecule has 0 aliphatic carbocycles. The summed E-state index contributed by atoms with van der Waals surface area (Å²) in [5, 5.41) is 41.2. The van der Waals surface area contributed by atoms with Gasteiger partial charge in [-0.1, -0.05) is 13.8 Å². The Labute approximate surface area is 341 Å². The van der Waals surface area contributed by atoms with E-state index in [1.807, 2.05) is 0 Å². The number of guanidine groups is 2. The largest absolute Gasteiger partial charge is 0.480 e. The van der Waals surface area contributed by atoms with Gasteiger partial charge in [0.1, 0.15) is 42.3 Å². The van der Waals surface area contributed by atoms with Crippen LogP contribution in [0.2, 0.25) is 0 Å². The molecule has 0 aromatic rings. The first-order valence-corrected chi connectivity index (χ1v) is 19.1. The van der Waals surface area contributed by atoms with Crippen LogP contribution in [-0.4, -0.2) is 154 Å². The number of aliphatic hydroxyl groups excluding tert-OH is 2. The van der Waals surface area contributed by atoms with Crippen molar-refractivity contribution in [2.75, 3.05) is 26.2 Å². The molecule has 0 radical (unpaired) electrons. The van der Waals surface area contributed by atoms with Crippen LogP contribution < -0.4 is 61.0 Å². The molecular formula is C34H62N14O11. The maximum absolute atomic E-state index is 14.1. The Morgan fingerprint density at radius 2 is 1.24 bits per heavy atom. The third-order valence-electron chi connectivity index (χ3n) is 9.16. The zero-order valence-electron chi connectivity index (χ0n) is 33.6. The second-order valence-corrected chi connectivity index (χ2v) is 14.4. The van der Waals surface area contributed by atoms with E-state index in [1.165, 1.54) is 11.8 Å². The molecule has 0 spiro atoms. The Morgan fingerprint density at radius 1 is 0.712 bits per heavy atom. The van der Waals surface area contributed by atoms with Crippen LogP contribution in [0, 0.1) is 5.92 Å². The van der Waals surface area contributed by atoms with Gasteiger partial charge in [0.15, 0.2) is 11.9 Å². The van der Waals surface area contributed by atoms with Gasteiger partial charge in [0.25, 0.3) is 0 Å². The molecule has 59 heavy (non-hydrogen) atoms. The van der Waals surface area contributed by atoms with Crippen molar-refractivity contribution in [1.82, 2.24) is 31.5 Å². The van der Waals surface area contributed by atoms with Gasteiger partial charge in [0.2, 0.25) is 41.4 Å². The predicted molar refractivity (Wildman–Crippen MR) is 212 cm³/mol. The van der Waals surface area contributed by atoms with Gasteiger partial charge >= 0.3 is 5.97 Å². The highest BCUT2D eigenvalue weighted by Crippen LogP contribution is 2.21. The summed E-state index contributed by atoms with van der Waals surface area (Å²) in [6.45, 7) is 3.75. The van der Waals surface area contributed by atoms with Crippen LogP contribution in [0.3, 0.4) is 0 Å². The highest BCUT2D eigenvalue weighted by molar-refractivity contribution is 5.97. The van der Waals surface area contributed by atoms with Crippen molar-refractivity contribution in [3.05, 3.63) is 0 Å². The number of primary amides is 1. The van der Waals surface area contributed by atoms with E-state index in [-0.39, 0.29) is 70.1 Å². The van der Waals surface area contributed by atoms with Crippen molar-refractivity contribution < 1.29 is 53.7 Å². The number of nitrogens with one attached hydrogen (secondary N) is 5. The lowest BCUT2D eigenvalue weighted by molar-refractivity contribution is -0.145. The van der Waals surface area contributed by atoms with Crippen LogP contribution in [-0.2, 0) is 38.4 Å². The fourth-order valence-corrected chi connectivity index (χ4v) is 5.85. The Balaban J connectivity index is 3.31. The van der Waals surface area contributed by atoms with Crippen LogP contribution in [0.4, 0.5) is 0 Å². The van der Waals surface area contributed by atoms with Gasteiger partial charge in [-0.25, -0.2) is 4.79 Å². The minimum Gasteiger partial charge on any atom is -0.480 e. The number of aliphatic hydroxyl groups is 2. The van der Waals surface area contributed by atoms with Gasteiger partial charge in [0.05, 0.1) is 12.7 Å². The van der Waals surface area contributed by atoms with Gasteiger partial charge in [-0.15, -0.1) is 0 Å². The molecule has 8 atom stereocenters. The maximum Gasteiger partial charge on any atom is 0.326 e. The minimum atomic E-state index is -1.63. The summed E-state index contributed by atoms with van der Waals surface area (Å²) in [6.07, 6.45) is -1.09. The average Bonchev–Trinajstić information content (AvgIpc) is 3.65. The summed E-state index contributed by atoms with van der Waals surface area (Å²) in [5.41, 5.74) is 32.4. The summed E-state index contributed by atoms with van der Waals surface area (Å²) in [4.78, 5) is 113. The summed E-state index contributed by atoms with van der Waals surface area (Å²) >= 11 is 0. The second kappa shape index (κ2) is 25.5. The van der Waals surface area contributed by atoms with Crippen molar-refractivity contribution in [2.45, 2.75) is 121 Å². The van der Waals surface area contributed by atoms with Gasteiger partial charge in [-0.05, 0) is 57.8 Å². The van der Waals surface area contributed by atoms with Crippen LogP contribution in [0.15, 0.2) is 9.98 Å². The smallest absolute Gasteiger partial charge is 0.326 e. The number of nitrogens with two attached hydrogens (primary N) is 6. The van der Waals surface area contributed by atoms with Crippen LogP contribution in [0.1, 0.15) is 72.1 Å². The summed E-state index contributed by atoms with van der Waals surface area (Å²) < 4.78 is 0. The number of carboxylic acid groups (broad SMARTS) is 1. The SMILES string of the molecule is CC(C)C(NC(=O)C(CCC(N)=O)NC(=O)C(CO)NC(=O)C(N)C(C)O)C(=O)NC(CCCN=C(N)N)C(=O)N1CCCC1C(=O)NC(CCCN=C(N)N)C(=O)O. The molecule has 334 valence electrons. The van der Waals surface area contributed by atoms with E-state index in [2.05, 4.69) is 36.6 Å². The molecule has 1 saturated heterocycles. The number of carbonyl (C=O) groups is 8. The van der Waals surface area contributed by atoms with Crippen LogP contribution in [0.25, 0.3) is 0 Å². The van der Waals surface area contributed by atoms with Gasteiger partial charge in [-0.3, -0.25) is 43.5 Å². The van der Waals surface area contributed by atoms with Gasteiger partial charge in [-0.2, -0.15) is 0 Å². The van der Waals surface area contributed by atoms with Crippen molar-refractivity contribution in [3.63, 3.8) is 0 Å². The minimum absolute atomic E-state index is 0.00533. The number of hydrogen-bond acceptors (Lipinski definition) is 13. The van der Waals surface area contributed by atoms with Gasteiger partial charge in [0, 0.05) is 26.1 Å². The first kappa shape index (κ1) is 51.2. The average molecular weight is 843 g/mol. The fourth-order valence-electron chi connectivity index (χ4n) is 5.85. The van der Waals surface area contributed by atoms with Crippen LogP contribution >= 0.6 is 0 Å². The van der Waals surface area contributed by atoms with Crippen molar-refractivity contribution in [1.29, 1.82) is 0 Å². The van der Waals surface area contributed by atoms with E-state index in [0.717, 1.165) is 0 Å². The third-order valence-corrected chi connectivity index (χ3v) is 9.16. The number of rotatable bonds is 26. The molecule has 25 nitrogen and oxygen atoms in total. The van der Waals surface area contributed by atoms with E-state index in [0.29, 0.717) is 6.42 Å². The Morgan fingerprint density at radius 3 is 1.73 bits per heavy atom. The fraction of sp³-hybridized carbons (Fsp3) is 0.706. The Bertz CT molecular complexity index is 1540. The second-order valence-electron chi connectivity index (χ2n) is 14.4. The number of aliphatic imine (C=N–C) groups is 2. The number of carbonyl (C=O) groups excluding carboxylic acids is 7. The maximum atomic E-state index is 14.1. The number of aliphatic carboxylic acids is 1. The summed E-state index contributed by atoms with van der Waals surface area (Å²) in [7, 11) is 0. The highest BCUT2D eigenvalue weighted by Gasteiger charge is 2.40. The molecule has 1 fully saturated rings. The monoisotopic (exact) mass is 842 g/mol. The lowest BCUT2D eigenvalue weighted by Gasteiger charge is -2.31. The molecule has 0 aromatic carbocycles. The van der Waals surface area contributed by atoms with E-state index < -0.39 is 115 Å². The van der Waals surface area contributed by atoms with E-state index in [4.69, 9.17) is 34.4 Å². The predicted octanol–water partition coefficient (Wildman–Crippen LogP) is -6.78. The number of amides is 7. The molecule has 20 N–H and O–H groups in total. The molecule has 1 aliphatic rings. The Hall–Kier alpha value is -5.82. The quantitative estimate of drug-likeness (QED) is 0.0219. The number of carboxylic acids is 1. The topological polar surface area (TPSA) is 441 Å². The molecule has 0 aromatic heterocycles. The van der Waals surface area contributed by atoms with E-state index in [1.54, 1.807) is 13.8 Å². The molecule has 0 saturated carbocycles. The molecule has 7 amide bonds. The van der Waals surface area contributed by atoms with Crippen LogP contribution in [0.5, 0.6) is 0 Å². The summed E-state index contributed by atoms with van der Waals surface area (Å²) in [6, 6.07) is -9.63. The lowest BCUT2D eigenvalue weighted by Crippen LogP contribution is -2.61. The zero-order chi connectivity index (χ0) is 45.0. The standard InChI is InChI=1S/C34H62N14O11/c1-16(2)25(47-26(52)18(10-11-23(35)51)43-27(53)21(15-49)46-29(55)24(36)17(3)50)30(56)44-19(7-4-12-41-33(37)38)31(57)48-14-6-9-22(48)28(54)45-20(32(58)59)8-5-13-42-34(39)40/h16-22,24-25,49-50H,4-15,36H2,1-3H3,(H2,35,51)(H,43,53)(H,44,56)(H,45,54)(H,46,55)(H,47,52)(H,58,59)(H4,37,38,41)(H4,39,40,42). The van der Waals surface area contributed by atoms with E-state index >= 15 is 0 Å². The third kappa shape index (κ3) is 18.1. The first-order chi connectivity index (χ1) is 27.6. The molecule has 1 heterocycles. The normalized spacial score (nSPS) is 17.1. The van der Waals surface area contributed by atoms with Gasteiger partial charge < -0.3 is 81.2 Å². The number of hydrogen-bond donors (Lipinski definition) is 14. The Kier molecular flexibility index (Phi) is 22.1. The molecule has 1 rings (SSSR count). The molecule has 0 bridgehead atoms. The van der Waals surface area contributed by atoms with Crippen molar-refractivity contribution in [3.8, 4) is 0 Å².